The molecule has 0 aromatic heterocycles. The molecule has 1 saturated heterocycles. The van der Waals surface area contributed by atoms with Crippen LogP contribution in [0.4, 0.5) is 0 Å². The van der Waals surface area contributed by atoms with Gasteiger partial charge in [-0.3, -0.25) is 0 Å². The Balaban J connectivity index is 2.32. The molecule has 7 heteroatoms. The minimum Gasteiger partial charge on any atom is -0.372 e. The fourth-order valence-electron chi connectivity index (χ4n) is 4.36. The smallest absolute Gasteiger partial charge is 0.177 e. The lowest BCUT2D eigenvalue weighted by Crippen LogP contribution is -2.35. The van der Waals surface area contributed by atoms with Gasteiger partial charge in [-0.2, -0.15) is 26.3 Å². The minimum atomic E-state index is -1.72. The molecule has 2 atom stereocenters. The largest absolute Gasteiger partial charge is 0.372 e. The second-order valence-corrected chi connectivity index (χ2v) is 7.31. The highest BCUT2D eigenvalue weighted by Crippen LogP contribution is 2.78. The van der Waals surface area contributed by atoms with Crippen LogP contribution in [0.5, 0.6) is 0 Å². The first kappa shape index (κ1) is 19.3. The van der Waals surface area contributed by atoms with Crippen molar-refractivity contribution >= 4 is 11.6 Å². The molecule has 1 heterocycles. The summed E-state index contributed by atoms with van der Waals surface area (Å²) >= 11 is 6.33. The van der Waals surface area contributed by atoms with E-state index in [2.05, 4.69) is 6.07 Å². The van der Waals surface area contributed by atoms with E-state index in [0.29, 0.717) is 23.7 Å². The predicted octanol–water partition coefficient (Wildman–Crippen LogP) is 3.77. The van der Waals surface area contributed by atoms with Crippen molar-refractivity contribution in [2.24, 2.45) is 10.8 Å². The second kappa shape index (κ2) is 7.25. The highest BCUT2D eigenvalue weighted by molar-refractivity contribution is 6.31. The molecule has 0 amide bonds. The van der Waals surface area contributed by atoms with Gasteiger partial charge in [-0.15, -0.1) is 0 Å². The molecule has 3 rings (SSSR count). The van der Waals surface area contributed by atoms with Crippen molar-refractivity contribution in [2.75, 3.05) is 13.1 Å². The number of hydrogen-bond donors (Lipinski definition) is 0. The van der Waals surface area contributed by atoms with Crippen molar-refractivity contribution < 1.29 is 0 Å². The van der Waals surface area contributed by atoms with Gasteiger partial charge in [0.15, 0.2) is 11.0 Å². The predicted molar refractivity (Wildman–Crippen MR) is 99.6 cm³/mol. The van der Waals surface area contributed by atoms with Crippen molar-refractivity contribution in [3.63, 3.8) is 0 Å². The van der Waals surface area contributed by atoms with Gasteiger partial charge in [0.25, 0.3) is 0 Å². The summed E-state index contributed by atoms with van der Waals surface area (Å²) in [6.45, 7) is 1.13. The zero-order valence-electron chi connectivity index (χ0n) is 15.0. The number of nitriles is 5. The molecule has 28 heavy (non-hydrogen) atoms. The van der Waals surface area contributed by atoms with Gasteiger partial charge in [0, 0.05) is 24.0 Å². The minimum absolute atomic E-state index is 0.188. The Morgan fingerprint density at radius 2 is 1.54 bits per heavy atom. The van der Waals surface area contributed by atoms with Gasteiger partial charge < -0.3 is 4.90 Å². The van der Waals surface area contributed by atoms with Crippen LogP contribution in [0.15, 0.2) is 35.5 Å². The number of piperidine rings is 1. The molecule has 2 aliphatic rings. The van der Waals surface area contributed by atoms with Crippen molar-refractivity contribution in [3.05, 3.63) is 46.1 Å². The Labute approximate surface area is 168 Å². The number of likely N-dealkylation sites (tertiary alicyclic amines) is 1. The normalized spacial score (nSPS) is 24.4. The third-order valence-corrected chi connectivity index (χ3v) is 6.00. The molecule has 0 radical (unpaired) electrons. The monoisotopic (exact) mass is 386 g/mol. The molecule has 0 bridgehead atoms. The first-order valence-corrected chi connectivity index (χ1v) is 9.23. The maximum absolute atomic E-state index is 10.2. The molecular weight excluding hydrogens is 372 g/mol. The van der Waals surface area contributed by atoms with E-state index in [4.69, 9.17) is 11.6 Å². The van der Waals surface area contributed by atoms with Gasteiger partial charge in [0.2, 0.25) is 0 Å². The Hall–Kier alpha value is -3.50. The summed E-state index contributed by atoms with van der Waals surface area (Å²) in [5, 5.41) is 49.6. The number of benzene rings is 1. The summed E-state index contributed by atoms with van der Waals surface area (Å²) < 4.78 is 0. The fourth-order valence-corrected chi connectivity index (χ4v) is 4.61. The van der Waals surface area contributed by atoms with Crippen molar-refractivity contribution in [1.29, 1.82) is 26.3 Å². The highest BCUT2D eigenvalue weighted by atomic mass is 35.5. The third kappa shape index (κ3) is 2.42. The van der Waals surface area contributed by atoms with Crippen LogP contribution < -0.4 is 0 Å². The van der Waals surface area contributed by atoms with Gasteiger partial charge in [-0.05, 0) is 30.9 Å². The zero-order chi connectivity index (χ0) is 20.4. The number of rotatable bonds is 3. The van der Waals surface area contributed by atoms with Crippen LogP contribution in [-0.2, 0) is 0 Å². The summed E-state index contributed by atoms with van der Waals surface area (Å²) in [6.07, 6.45) is 2.70. The molecule has 1 saturated carbocycles. The quantitative estimate of drug-likeness (QED) is 0.728. The summed E-state index contributed by atoms with van der Waals surface area (Å²) in [6, 6.07) is 16.7. The van der Waals surface area contributed by atoms with E-state index in [-0.39, 0.29) is 11.3 Å². The average molecular weight is 387 g/mol. The van der Waals surface area contributed by atoms with Crippen molar-refractivity contribution in [3.8, 4) is 30.3 Å². The standard InChI is InChI=1S/C21H15ClN6/c22-17-7-3-2-6-16(17)18-20(12-25,13-26)21(18,14-27)19(15(10-23)11-24)28-8-4-1-5-9-28/h2-3,6-7,18H,1,4-5,8-9H2/t18-,21-/m1/s1. The summed E-state index contributed by atoms with van der Waals surface area (Å²) in [5.41, 5.74) is -2.89. The topological polar surface area (TPSA) is 122 Å². The SMILES string of the molecule is N#CC(C#N)=C(N1CCCCC1)[C@@]1(C#N)[C@H](c2ccccc2Cl)C1(C#N)C#N. The van der Waals surface area contributed by atoms with E-state index in [9.17, 15) is 26.3 Å². The molecule has 0 unspecified atom stereocenters. The van der Waals surface area contributed by atoms with E-state index in [1.165, 1.54) is 0 Å². The molecule has 0 spiro atoms. The Kier molecular flexibility index (Phi) is 4.99. The van der Waals surface area contributed by atoms with E-state index in [1.807, 2.05) is 29.2 Å². The lowest BCUT2D eigenvalue weighted by molar-refractivity contribution is 0.254. The van der Waals surface area contributed by atoms with Crippen LogP contribution in [0.1, 0.15) is 30.7 Å². The molecular formula is C21H15ClN6. The summed E-state index contributed by atoms with van der Waals surface area (Å²) in [7, 11) is 0. The van der Waals surface area contributed by atoms with Gasteiger partial charge in [0.1, 0.15) is 17.6 Å². The second-order valence-electron chi connectivity index (χ2n) is 6.90. The molecule has 6 nitrogen and oxygen atoms in total. The number of hydrogen-bond acceptors (Lipinski definition) is 6. The molecule has 1 aliphatic heterocycles. The first-order valence-electron chi connectivity index (χ1n) is 8.86. The van der Waals surface area contributed by atoms with Crippen molar-refractivity contribution in [1.82, 2.24) is 4.90 Å². The maximum atomic E-state index is 10.2. The van der Waals surface area contributed by atoms with E-state index in [1.54, 1.807) is 24.3 Å². The van der Waals surface area contributed by atoms with Gasteiger partial charge in [-0.1, -0.05) is 29.8 Å². The number of allylic oxidation sites excluding steroid dienone is 2. The van der Waals surface area contributed by atoms with Crippen LogP contribution in [-0.4, -0.2) is 18.0 Å². The lowest BCUT2D eigenvalue weighted by Gasteiger charge is -2.34. The Bertz CT molecular complexity index is 1020. The number of nitrogens with zero attached hydrogens (tertiary/aromatic N) is 6. The Morgan fingerprint density at radius 3 is 2.04 bits per heavy atom. The summed E-state index contributed by atoms with van der Waals surface area (Å²) in [4.78, 5) is 1.83. The van der Waals surface area contributed by atoms with Crippen LogP contribution in [0, 0.1) is 67.5 Å². The fraction of sp³-hybridized carbons (Fsp3) is 0.381. The van der Waals surface area contributed by atoms with Gasteiger partial charge in [0.05, 0.1) is 23.9 Å². The van der Waals surface area contributed by atoms with Crippen LogP contribution in [0.2, 0.25) is 5.02 Å². The van der Waals surface area contributed by atoms with Crippen LogP contribution in [0.25, 0.3) is 0 Å². The zero-order valence-corrected chi connectivity index (χ0v) is 15.7. The molecule has 1 aliphatic carbocycles. The third-order valence-electron chi connectivity index (χ3n) is 5.66. The number of halogens is 1. The van der Waals surface area contributed by atoms with Crippen LogP contribution >= 0.6 is 11.6 Å². The molecule has 136 valence electrons. The van der Waals surface area contributed by atoms with Crippen molar-refractivity contribution in [2.45, 2.75) is 25.2 Å². The average Bonchev–Trinajstić information content (AvgIpc) is 3.35. The maximum Gasteiger partial charge on any atom is 0.177 e. The van der Waals surface area contributed by atoms with Gasteiger partial charge >= 0.3 is 0 Å². The van der Waals surface area contributed by atoms with Gasteiger partial charge in [-0.25, -0.2) is 0 Å². The molecule has 2 fully saturated rings. The van der Waals surface area contributed by atoms with Crippen LogP contribution in [0.3, 0.4) is 0 Å². The molecule has 1 aromatic rings. The molecule has 0 N–H and O–H groups in total. The lowest BCUT2D eigenvalue weighted by atomic mass is 9.87. The highest BCUT2D eigenvalue weighted by Gasteiger charge is 2.83. The molecule has 1 aromatic carbocycles. The van der Waals surface area contributed by atoms with E-state index < -0.39 is 16.7 Å². The first-order chi connectivity index (χ1) is 13.6. The Morgan fingerprint density at radius 1 is 0.929 bits per heavy atom. The van der Waals surface area contributed by atoms with E-state index in [0.717, 1.165) is 19.3 Å². The summed E-state index contributed by atoms with van der Waals surface area (Å²) in [5.74, 6) is -0.845. The van der Waals surface area contributed by atoms with E-state index >= 15 is 0 Å².